The van der Waals surface area contributed by atoms with Gasteiger partial charge in [-0.2, -0.15) is 0 Å². The molecule has 0 heterocycles. The lowest BCUT2D eigenvalue weighted by Crippen LogP contribution is -2.24. The Morgan fingerprint density at radius 3 is 2.48 bits per heavy atom. The summed E-state index contributed by atoms with van der Waals surface area (Å²) >= 11 is 12.4. The van der Waals surface area contributed by atoms with E-state index in [0.717, 1.165) is 5.56 Å². The molecule has 0 saturated carbocycles. The monoisotopic (exact) mass is 437 g/mol. The third-order valence-electron chi connectivity index (χ3n) is 3.05. The molecule has 1 N–H and O–H groups in total. The molecule has 2 aromatic rings. The van der Waals surface area contributed by atoms with Crippen molar-refractivity contribution in [2.75, 3.05) is 6.54 Å². The molecule has 0 saturated heterocycles. The van der Waals surface area contributed by atoms with Crippen LogP contribution < -0.4 is 5.32 Å². The smallest absolute Gasteiger partial charge is 0.145 e. The van der Waals surface area contributed by atoms with Crippen LogP contribution in [0, 0.1) is 11.6 Å². The largest absolute Gasteiger partial charge is 0.306 e. The minimum absolute atomic E-state index is 0.0192. The summed E-state index contributed by atoms with van der Waals surface area (Å²) in [5.41, 5.74) is 0.700. The molecule has 1 nitrogen and oxygen atoms in total. The first-order chi connectivity index (χ1) is 9.95. The Morgan fingerprint density at radius 2 is 1.86 bits per heavy atom. The van der Waals surface area contributed by atoms with Gasteiger partial charge in [-0.15, -0.1) is 0 Å². The van der Waals surface area contributed by atoms with Gasteiger partial charge in [-0.05, 0) is 52.3 Å². The van der Waals surface area contributed by atoms with Crippen molar-refractivity contribution in [3.63, 3.8) is 0 Å². The molecule has 2 rings (SSSR count). The Morgan fingerprint density at radius 1 is 1.14 bits per heavy atom. The van der Waals surface area contributed by atoms with Gasteiger partial charge in [-0.1, -0.05) is 40.5 Å². The van der Waals surface area contributed by atoms with E-state index < -0.39 is 17.7 Å². The maximum atomic E-state index is 14.4. The fraction of sp³-hybridized carbons (Fsp3) is 0.200. The number of benzene rings is 2. The summed E-state index contributed by atoms with van der Waals surface area (Å²) in [6.07, 6.45) is 0. The van der Waals surface area contributed by atoms with Gasteiger partial charge in [0.1, 0.15) is 11.6 Å². The van der Waals surface area contributed by atoms with E-state index in [1.54, 1.807) is 18.2 Å². The quantitative estimate of drug-likeness (QED) is 0.590. The maximum absolute atomic E-state index is 14.4. The average molecular weight is 440 g/mol. The Kier molecular flexibility index (Phi) is 5.77. The summed E-state index contributed by atoms with van der Waals surface area (Å²) in [5, 5.41) is 3.66. The predicted octanol–water partition coefficient (Wildman–Crippen LogP) is 5.84. The van der Waals surface area contributed by atoms with Gasteiger partial charge < -0.3 is 5.32 Å². The van der Waals surface area contributed by atoms with E-state index in [9.17, 15) is 8.78 Å². The van der Waals surface area contributed by atoms with E-state index in [1.165, 1.54) is 12.1 Å². The molecule has 2 aromatic carbocycles. The number of rotatable bonds is 4. The van der Waals surface area contributed by atoms with Gasteiger partial charge in [0.05, 0.1) is 10.5 Å². The first-order valence-electron chi connectivity index (χ1n) is 6.27. The number of hydrogen-bond donors (Lipinski definition) is 1. The van der Waals surface area contributed by atoms with Crippen molar-refractivity contribution < 1.29 is 8.78 Å². The zero-order valence-electron chi connectivity index (χ0n) is 11.1. The van der Waals surface area contributed by atoms with Gasteiger partial charge in [-0.3, -0.25) is 0 Å². The van der Waals surface area contributed by atoms with Crippen molar-refractivity contribution in [2.45, 2.75) is 13.0 Å². The third kappa shape index (κ3) is 3.65. The standard InChI is InChI=1S/C15H12Br2ClF2N/c1-2-21-15(9-4-3-8(18)7-11(9)17)13-12(19)6-5-10(16)14(13)20/h3-7,15,21H,2H2,1H3. The Balaban J connectivity index is 2.61. The van der Waals surface area contributed by atoms with Crippen molar-refractivity contribution in [1.29, 1.82) is 0 Å². The minimum Gasteiger partial charge on any atom is -0.306 e. The van der Waals surface area contributed by atoms with Crippen molar-refractivity contribution in [2.24, 2.45) is 0 Å². The third-order valence-corrected chi connectivity index (χ3v) is 4.58. The highest BCUT2D eigenvalue weighted by Gasteiger charge is 2.24. The minimum atomic E-state index is -0.612. The van der Waals surface area contributed by atoms with E-state index in [0.29, 0.717) is 16.0 Å². The molecule has 1 unspecified atom stereocenters. The fourth-order valence-corrected chi connectivity index (χ4v) is 3.37. The fourth-order valence-electron chi connectivity index (χ4n) is 2.11. The van der Waals surface area contributed by atoms with Crippen molar-refractivity contribution in [3.8, 4) is 0 Å². The van der Waals surface area contributed by atoms with Gasteiger partial charge in [0, 0.05) is 15.1 Å². The molecule has 0 spiro atoms. The second-order valence-electron chi connectivity index (χ2n) is 4.41. The molecule has 0 fully saturated rings. The topological polar surface area (TPSA) is 12.0 Å². The van der Waals surface area contributed by atoms with Crippen molar-refractivity contribution >= 4 is 43.5 Å². The molecule has 0 aliphatic rings. The van der Waals surface area contributed by atoms with E-state index in [1.807, 2.05) is 6.92 Å². The molecule has 0 radical (unpaired) electrons. The summed E-state index contributed by atoms with van der Waals surface area (Å²) in [6, 6.07) is 7.14. The summed E-state index contributed by atoms with van der Waals surface area (Å²) in [7, 11) is 0. The second-order valence-corrected chi connectivity index (χ2v) is 6.56. The van der Waals surface area contributed by atoms with Crippen LogP contribution in [0.15, 0.2) is 39.3 Å². The zero-order valence-corrected chi connectivity index (χ0v) is 15.0. The molecule has 0 aromatic heterocycles. The van der Waals surface area contributed by atoms with Gasteiger partial charge in [-0.25, -0.2) is 8.78 Å². The van der Waals surface area contributed by atoms with Crippen molar-refractivity contribution in [3.05, 3.63) is 67.1 Å². The van der Waals surface area contributed by atoms with Gasteiger partial charge in [0.15, 0.2) is 0 Å². The summed E-state index contributed by atoms with van der Waals surface area (Å²) in [5.74, 6) is -1.20. The highest BCUT2D eigenvalue weighted by atomic mass is 79.9. The van der Waals surface area contributed by atoms with Crippen LogP contribution in [0.4, 0.5) is 8.78 Å². The molecule has 0 aliphatic heterocycles. The number of hydrogen-bond acceptors (Lipinski definition) is 1. The maximum Gasteiger partial charge on any atom is 0.145 e. The molecule has 21 heavy (non-hydrogen) atoms. The summed E-state index contributed by atoms with van der Waals surface area (Å²) in [4.78, 5) is 0. The van der Waals surface area contributed by atoms with Gasteiger partial charge in [0.2, 0.25) is 0 Å². The second kappa shape index (κ2) is 7.18. The SMILES string of the molecule is CCNC(c1ccc(Cl)cc1Br)c1c(F)ccc(Br)c1F. The van der Waals surface area contributed by atoms with Crippen LogP contribution in [0.1, 0.15) is 24.1 Å². The molecular formula is C15H12Br2ClF2N. The molecule has 0 aliphatic carbocycles. The lowest BCUT2D eigenvalue weighted by Gasteiger charge is -2.22. The average Bonchev–Trinajstić information content (AvgIpc) is 2.43. The molecular weight excluding hydrogens is 427 g/mol. The van der Waals surface area contributed by atoms with Crippen LogP contribution in [-0.2, 0) is 0 Å². The lowest BCUT2D eigenvalue weighted by molar-refractivity contribution is 0.506. The lowest BCUT2D eigenvalue weighted by atomic mass is 9.97. The highest BCUT2D eigenvalue weighted by molar-refractivity contribution is 9.10. The number of nitrogens with one attached hydrogen (secondary N) is 1. The van der Waals surface area contributed by atoms with Crippen LogP contribution >= 0.6 is 43.5 Å². The number of halogens is 5. The molecule has 0 bridgehead atoms. The summed E-state index contributed by atoms with van der Waals surface area (Å²) in [6.45, 7) is 2.44. The first kappa shape index (κ1) is 16.9. The van der Waals surface area contributed by atoms with Crippen LogP contribution in [0.5, 0.6) is 0 Å². The molecule has 1 atom stereocenters. The molecule has 0 amide bonds. The van der Waals surface area contributed by atoms with Crippen LogP contribution in [-0.4, -0.2) is 6.54 Å². The van der Waals surface area contributed by atoms with Crippen LogP contribution in [0.2, 0.25) is 5.02 Å². The Labute approximate surface area is 144 Å². The van der Waals surface area contributed by atoms with E-state index in [2.05, 4.69) is 37.2 Å². The first-order valence-corrected chi connectivity index (χ1v) is 8.23. The zero-order chi connectivity index (χ0) is 15.6. The van der Waals surface area contributed by atoms with Crippen LogP contribution in [0.25, 0.3) is 0 Å². The molecule has 6 heteroatoms. The Hall–Kier alpha value is -0.490. The van der Waals surface area contributed by atoms with E-state index in [4.69, 9.17) is 11.6 Å². The van der Waals surface area contributed by atoms with Crippen molar-refractivity contribution in [1.82, 2.24) is 5.32 Å². The Bertz CT molecular complexity index is 664. The predicted molar refractivity (Wildman–Crippen MR) is 88.7 cm³/mol. The summed E-state index contributed by atoms with van der Waals surface area (Å²) < 4.78 is 29.4. The normalized spacial score (nSPS) is 12.5. The van der Waals surface area contributed by atoms with Crippen LogP contribution in [0.3, 0.4) is 0 Å². The van der Waals surface area contributed by atoms with Gasteiger partial charge >= 0.3 is 0 Å². The molecule has 112 valence electrons. The highest BCUT2D eigenvalue weighted by Crippen LogP contribution is 2.35. The van der Waals surface area contributed by atoms with Gasteiger partial charge in [0.25, 0.3) is 0 Å². The van der Waals surface area contributed by atoms with E-state index in [-0.39, 0.29) is 10.0 Å². The van der Waals surface area contributed by atoms with E-state index >= 15 is 0 Å².